The maximum Gasteiger partial charge on any atom is 0.327 e. The summed E-state index contributed by atoms with van der Waals surface area (Å²) in [5.41, 5.74) is 3.17. The minimum Gasteiger partial charge on any atom is -0.480 e. The Morgan fingerprint density at radius 1 is 1.11 bits per heavy atom. The molecule has 0 aliphatic carbocycles. The van der Waals surface area contributed by atoms with Gasteiger partial charge in [0.2, 0.25) is 5.91 Å². The molecule has 1 fully saturated rings. The predicted molar refractivity (Wildman–Crippen MR) is 151 cm³/mol. The van der Waals surface area contributed by atoms with E-state index in [9.17, 15) is 14.7 Å². The number of aliphatic carboxylic acids is 1. The van der Waals surface area contributed by atoms with Crippen LogP contribution in [0.3, 0.4) is 0 Å². The van der Waals surface area contributed by atoms with Gasteiger partial charge in [0, 0.05) is 36.4 Å². The molecule has 8 heteroatoms. The Morgan fingerprint density at radius 3 is 2.87 bits per heavy atom. The van der Waals surface area contributed by atoms with Crippen LogP contribution < -0.4 is 16.0 Å². The molecule has 4 N–H and O–H groups in total. The second-order valence-electron chi connectivity index (χ2n) is 10.4. The molecule has 1 amide bonds. The number of nitrogens with one attached hydrogen (secondary N) is 3. The molecule has 8 nitrogen and oxygen atoms in total. The summed E-state index contributed by atoms with van der Waals surface area (Å²) in [5.74, 6) is -0.141. The monoisotopic (exact) mass is 515 g/mol. The van der Waals surface area contributed by atoms with Gasteiger partial charge >= 0.3 is 5.97 Å². The summed E-state index contributed by atoms with van der Waals surface area (Å²) in [6.07, 6.45) is 5.97. The number of hydrogen-bond acceptors (Lipinski definition) is 6. The maximum atomic E-state index is 13.0. The summed E-state index contributed by atoms with van der Waals surface area (Å²) in [7, 11) is 0. The van der Waals surface area contributed by atoms with Crippen molar-refractivity contribution in [2.24, 2.45) is 5.92 Å². The van der Waals surface area contributed by atoms with Crippen LogP contribution in [0, 0.1) is 5.92 Å². The number of amides is 1. The van der Waals surface area contributed by atoms with Crippen molar-refractivity contribution >= 4 is 34.2 Å². The lowest BCUT2D eigenvalue weighted by molar-refractivity contribution is -0.138. The minimum absolute atomic E-state index is 0.0337. The van der Waals surface area contributed by atoms with Gasteiger partial charge in [-0.3, -0.25) is 4.79 Å². The average Bonchev–Trinajstić information content (AvgIpc) is 2.95. The number of aryl methyl sites for hydroxylation is 2. The van der Waals surface area contributed by atoms with Crippen LogP contribution in [0.4, 0.5) is 11.5 Å². The largest absolute Gasteiger partial charge is 0.480 e. The molecule has 38 heavy (non-hydrogen) atoms. The van der Waals surface area contributed by atoms with Crippen LogP contribution >= 0.6 is 0 Å². The van der Waals surface area contributed by atoms with E-state index in [1.807, 2.05) is 42.5 Å². The van der Waals surface area contributed by atoms with E-state index in [-0.39, 0.29) is 18.4 Å². The third-order valence-corrected chi connectivity index (χ3v) is 7.63. The lowest BCUT2D eigenvalue weighted by atomic mass is 9.96. The fourth-order valence-corrected chi connectivity index (χ4v) is 5.55. The Kier molecular flexibility index (Phi) is 8.38. The van der Waals surface area contributed by atoms with Crippen molar-refractivity contribution in [2.45, 2.75) is 44.6 Å². The Labute approximate surface area is 223 Å². The van der Waals surface area contributed by atoms with Crippen molar-refractivity contribution in [1.29, 1.82) is 0 Å². The molecule has 5 rings (SSSR count). The molecule has 0 spiro atoms. The predicted octanol–water partition coefficient (Wildman–Crippen LogP) is 3.92. The van der Waals surface area contributed by atoms with E-state index in [0.29, 0.717) is 6.54 Å². The molecule has 2 aromatic carbocycles. The Bertz CT molecular complexity index is 1270. The number of carbonyl (C=O) groups is 2. The Hall–Kier alpha value is -3.65. The van der Waals surface area contributed by atoms with Crippen molar-refractivity contribution in [1.82, 2.24) is 15.2 Å². The fourth-order valence-electron chi connectivity index (χ4n) is 5.55. The summed E-state index contributed by atoms with van der Waals surface area (Å²) in [4.78, 5) is 32.1. The van der Waals surface area contributed by atoms with Crippen molar-refractivity contribution in [3.05, 3.63) is 65.9 Å². The number of anilines is 2. The summed E-state index contributed by atoms with van der Waals surface area (Å²) in [6, 6.07) is 17.0. The normalized spacial score (nSPS) is 18.3. The van der Waals surface area contributed by atoms with Crippen LogP contribution in [0.15, 0.2) is 54.6 Å². The zero-order chi connectivity index (χ0) is 26.3. The summed E-state index contributed by atoms with van der Waals surface area (Å²) in [5, 5.41) is 21.2. The van der Waals surface area contributed by atoms with E-state index >= 15 is 0 Å². The standard InChI is InChI=1S/C30H37N5O3/c36-29(32-19-27(30(37)38)34-26-13-3-8-21-7-1-2-12-25(21)26)23-10-5-17-35(20-23)18-6-11-24-15-14-22-9-4-16-31-28(22)33-24/h1-3,7-8,12-15,23,27,34H,4-6,9-11,16-20H2,(H,31,33)(H,32,36)(H,37,38)/t23-,27?/m1/s1. The van der Waals surface area contributed by atoms with E-state index < -0.39 is 12.0 Å². The van der Waals surface area contributed by atoms with E-state index in [0.717, 1.165) is 86.1 Å². The van der Waals surface area contributed by atoms with Crippen LogP contribution in [0.2, 0.25) is 0 Å². The average molecular weight is 516 g/mol. The van der Waals surface area contributed by atoms with Gasteiger partial charge in [0.05, 0.1) is 5.92 Å². The van der Waals surface area contributed by atoms with Gasteiger partial charge < -0.3 is 26.0 Å². The number of likely N-dealkylation sites (tertiary alicyclic amines) is 1. The van der Waals surface area contributed by atoms with E-state index in [1.165, 1.54) is 5.56 Å². The highest BCUT2D eigenvalue weighted by Crippen LogP contribution is 2.24. The van der Waals surface area contributed by atoms with Gasteiger partial charge in [-0.1, -0.05) is 42.5 Å². The molecule has 2 atom stereocenters. The second-order valence-corrected chi connectivity index (χ2v) is 10.4. The third-order valence-electron chi connectivity index (χ3n) is 7.63. The number of nitrogens with zero attached hydrogens (tertiary/aromatic N) is 2. The third kappa shape index (κ3) is 6.42. The molecule has 1 aromatic heterocycles. The highest BCUT2D eigenvalue weighted by molar-refractivity contribution is 5.95. The topological polar surface area (TPSA) is 107 Å². The molecule has 1 saturated heterocycles. The van der Waals surface area contributed by atoms with Crippen LogP contribution in [-0.4, -0.2) is 65.6 Å². The quantitative estimate of drug-likeness (QED) is 0.324. The first-order valence-corrected chi connectivity index (χ1v) is 13.8. The number of pyridine rings is 1. The van der Waals surface area contributed by atoms with Gasteiger partial charge in [0.15, 0.2) is 0 Å². The van der Waals surface area contributed by atoms with Crippen molar-refractivity contribution in [2.75, 3.05) is 43.4 Å². The molecular formula is C30H37N5O3. The van der Waals surface area contributed by atoms with Crippen LogP contribution in [0.5, 0.6) is 0 Å². The first kappa shape index (κ1) is 26.0. The summed E-state index contributed by atoms with van der Waals surface area (Å²) in [6.45, 7) is 3.65. The molecule has 0 saturated carbocycles. The molecule has 0 radical (unpaired) electrons. The lowest BCUT2D eigenvalue weighted by Crippen LogP contribution is -2.47. The number of piperidine rings is 1. The lowest BCUT2D eigenvalue weighted by Gasteiger charge is -2.32. The fraction of sp³-hybridized carbons (Fsp3) is 0.433. The Balaban J connectivity index is 1.10. The number of benzene rings is 2. The smallest absolute Gasteiger partial charge is 0.327 e. The van der Waals surface area contributed by atoms with Crippen molar-refractivity contribution < 1.29 is 14.7 Å². The van der Waals surface area contributed by atoms with Crippen molar-refractivity contribution in [3.8, 4) is 0 Å². The van der Waals surface area contributed by atoms with Gasteiger partial charge in [-0.15, -0.1) is 0 Å². The second kappa shape index (κ2) is 12.3. The molecule has 3 heterocycles. The molecule has 0 bridgehead atoms. The number of carboxylic acids is 1. The Morgan fingerprint density at radius 2 is 1.97 bits per heavy atom. The molecule has 2 aliphatic rings. The van der Waals surface area contributed by atoms with Gasteiger partial charge in [0.1, 0.15) is 11.9 Å². The molecular weight excluding hydrogens is 478 g/mol. The zero-order valence-electron chi connectivity index (χ0n) is 21.8. The van der Waals surface area contributed by atoms with Crippen molar-refractivity contribution in [3.63, 3.8) is 0 Å². The zero-order valence-corrected chi connectivity index (χ0v) is 21.8. The van der Waals surface area contributed by atoms with E-state index in [1.54, 1.807) is 0 Å². The molecule has 3 aromatic rings. The number of rotatable bonds is 10. The van der Waals surface area contributed by atoms with Gasteiger partial charge in [0.25, 0.3) is 0 Å². The van der Waals surface area contributed by atoms with Gasteiger partial charge in [-0.25, -0.2) is 9.78 Å². The van der Waals surface area contributed by atoms with E-state index in [4.69, 9.17) is 4.98 Å². The number of carbonyl (C=O) groups excluding carboxylic acids is 1. The molecule has 1 unspecified atom stereocenters. The SMILES string of the molecule is O=C(O)C(CNC(=O)[C@@H]1CCCN(CCCc2ccc3c(n2)NCCC3)C1)Nc1cccc2ccccc12. The number of aromatic nitrogens is 1. The van der Waals surface area contributed by atoms with Gasteiger partial charge in [-0.2, -0.15) is 0 Å². The van der Waals surface area contributed by atoms with E-state index in [2.05, 4.69) is 33.0 Å². The molecule has 2 aliphatic heterocycles. The maximum absolute atomic E-state index is 13.0. The minimum atomic E-state index is -0.991. The van der Waals surface area contributed by atoms with Gasteiger partial charge in [-0.05, 0) is 74.7 Å². The number of hydrogen-bond donors (Lipinski definition) is 4. The first-order valence-electron chi connectivity index (χ1n) is 13.8. The highest BCUT2D eigenvalue weighted by atomic mass is 16.4. The van der Waals surface area contributed by atoms with Crippen LogP contribution in [-0.2, 0) is 22.4 Å². The number of carboxylic acid groups (broad SMARTS) is 1. The summed E-state index contributed by atoms with van der Waals surface area (Å²) >= 11 is 0. The molecule has 200 valence electrons. The van der Waals surface area contributed by atoms with Crippen LogP contribution in [0.25, 0.3) is 10.8 Å². The number of fused-ring (bicyclic) bond motifs is 2. The summed E-state index contributed by atoms with van der Waals surface area (Å²) < 4.78 is 0. The van der Waals surface area contributed by atoms with Crippen LogP contribution in [0.1, 0.15) is 36.9 Å². The first-order chi connectivity index (χ1) is 18.6. The highest BCUT2D eigenvalue weighted by Gasteiger charge is 2.27.